The van der Waals surface area contributed by atoms with Crippen molar-refractivity contribution in [2.75, 3.05) is 0 Å². The molecule has 0 aromatic heterocycles. The first-order chi connectivity index (χ1) is 8.97. The van der Waals surface area contributed by atoms with Crippen LogP contribution in [0.1, 0.15) is 27.0 Å². The maximum absolute atomic E-state index is 13.6. The van der Waals surface area contributed by atoms with Gasteiger partial charge in [0.2, 0.25) is 0 Å². The van der Waals surface area contributed by atoms with E-state index >= 15 is 0 Å². The summed E-state index contributed by atoms with van der Waals surface area (Å²) in [4.78, 5) is 12.1. The normalized spacial score (nSPS) is 10.5. The van der Waals surface area contributed by atoms with E-state index in [-0.39, 0.29) is 17.8 Å². The number of rotatable bonds is 3. The summed E-state index contributed by atoms with van der Waals surface area (Å²) in [5, 5.41) is 0.366. The molecular weight excluding hydrogens is 263 g/mol. The van der Waals surface area contributed by atoms with Gasteiger partial charge in [0.1, 0.15) is 5.82 Å². The van der Waals surface area contributed by atoms with Crippen LogP contribution in [0.15, 0.2) is 36.4 Å². The Balaban J connectivity index is 2.25. The van der Waals surface area contributed by atoms with Gasteiger partial charge in [-0.05, 0) is 48.7 Å². The first-order valence-corrected chi connectivity index (χ1v) is 6.39. The molecule has 3 heteroatoms. The van der Waals surface area contributed by atoms with Crippen LogP contribution in [0.5, 0.6) is 0 Å². The summed E-state index contributed by atoms with van der Waals surface area (Å²) in [6.07, 6.45) is 0.179. The molecule has 0 atom stereocenters. The van der Waals surface area contributed by atoms with Gasteiger partial charge in [0.25, 0.3) is 0 Å². The van der Waals surface area contributed by atoms with Crippen molar-refractivity contribution >= 4 is 17.4 Å². The van der Waals surface area contributed by atoms with Gasteiger partial charge in [-0.3, -0.25) is 4.79 Å². The maximum Gasteiger partial charge on any atom is 0.170 e. The number of halogens is 2. The monoisotopic (exact) mass is 276 g/mol. The quantitative estimate of drug-likeness (QED) is 0.753. The van der Waals surface area contributed by atoms with Crippen molar-refractivity contribution in [1.82, 2.24) is 0 Å². The predicted octanol–water partition coefficient (Wildman–Crippen LogP) is 4.52. The molecule has 0 aliphatic heterocycles. The molecule has 0 radical (unpaired) electrons. The molecule has 0 heterocycles. The molecule has 19 heavy (non-hydrogen) atoms. The van der Waals surface area contributed by atoms with Crippen LogP contribution in [0.4, 0.5) is 4.39 Å². The van der Waals surface area contributed by atoms with Crippen molar-refractivity contribution < 1.29 is 9.18 Å². The third kappa shape index (κ3) is 3.21. The lowest BCUT2D eigenvalue weighted by atomic mass is 9.99. The highest BCUT2D eigenvalue weighted by molar-refractivity contribution is 6.31. The lowest BCUT2D eigenvalue weighted by Gasteiger charge is -2.06. The van der Waals surface area contributed by atoms with Gasteiger partial charge in [-0.2, -0.15) is 0 Å². The Hall–Kier alpha value is -1.67. The number of carbonyl (C=O) groups is 1. The summed E-state index contributed by atoms with van der Waals surface area (Å²) in [6.45, 7) is 4.00. The van der Waals surface area contributed by atoms with E-state index in [1.807, 2.05) is 32.0 Å². The van der Waals surface area contributed by atoms with E-state index in [4.69, 9.17) is 11.6 Å². The van der Waals surface area contributed by atoms with Crippen molar-refractivity contribution in [2.24, 2.45) is 0 Å². The molecule has 0 N–H and O–H groups in total. The van der Waals surface area contributed by atoms with Crippen LogP contribution in [0, 0.1) is 19.7 Å². The van der Waals surface area contributed by atoms with Crippen LogP contribution >= 0.6 is 11.6 Å². The highest BCUT2D eigenvalue weighted by atomic mass is 35.5. The summed E-state index contributed by atoms with van der Waals surface area (Å²) >= 11 is 5.79. The zero-order valence-electron chi connectivity index (χ0n) is 10.8. The molecule has 0 amide bonds. The molecule has 0 unspecified atom stereocenters. The van der Waals surface area contributed by atoms with E-state index in [9.17, 15) is 9.18 Å². The van der Waals surface area contributed by atoms with Gasteiger partial charge in [0.15, 0.2) is 5.78 Å². The van der Waals surface area contributed by atoms with Crippen LogP contribution in [0.2, 0.25) is 5.02 Å². The number of hydrogen-bond donors (Lipinski definition) is 0. The van der Waals surface area contributed by atoms with Gasteiger partial charge in [0, 0.05) is 11.4 Å². The molecule has 2 rings (SSSR count). The molecule has 98 valence electrons. The molecule has 0 aliphatic carbocycles. The molecule has 0 saturated heterocycles. The van der Waals surface area contributed by atoms with E-state index in [0.29, 0.717) is 5.02 Å². The minimum Gasteiger partial charge on any atom is -0.294 e. The van der Waals surface area contributed by atoms with Crippen molar-refractivity contribution in [3.63, 3.8) is 0 Å². The SMILES string of the molecule is Cc1ccc(CC(=O)c2cc(Cl)ccc2F)cc1C. The van der Waals surface area contributed by atoms with Gasteiger partial charge in [-0.25, -0.2) is 4.39 Å². The van der Waals surface area contributed by atoms with Gasteiger partial charge in [-0.1, -0.05) is 29.8 Å². The van der Waals surface area contributed by atoms with Crippen LogP contribution in [0.3, 0.4) is 0 Å². The third-order valence-electron chi connectivity index (χ3n) is 3.16. The van der Waals surface area contributed by atoms with E-state index in [0.717, 1.165) is 11.1 Å². The highest BCUT2D eigenvalue weighted by Gasteiger charge is 2.13. The van der Waals surface area contributed by atoms with E-state index in [2.05, 4.69) is 0 Å². The Morgan fingerprint density at radius 2 is 1.84 bits per heavy atom. The van der Waals surface area contributed by atoms with E-state index < -0.39 is 5.82 Å². The van der Waals surface area contributed by atoms with Gasteiger partial charge in [0.05, 0.1) is 5.56 Å². The number of benzene rings is 2. The molecule has 2 aromatic rings. The summed E-state index contributed by atoms with van der Waals surface area (Å²) in [5.41, 5.74) is 3.22. The Morgan fingerprint density at radius 1 is 1.11 bits per heavy atom. The molecule has 0 spiro atoms. The number of carbonyl (C=O) groups excluding carboxylic acids is 1. The fraction of sp³-hybridized carbons (Fsp3) is 0.188. The zero-order valence-corrected chi connectivity index (χ0v) is 11.6. The van der Waals surface area contributed by atoms with Gasteiger partial charge < -0.3 is 0 Å². The molecule has 0 bridgehead atoms. The molecule has 0 fully saturated rings. The Bertz CT molecular complexity index is 635. The number of ketones is 1. The number of Topliss-reactive ketones (excluding diaryl/α,β-unsaturated/α-hetero) is 1. The lowest BCUT2D eigenvalue weighted by molar-refractivity contribution is 0.0989. The summed E-state index contributed by atoms with van der Waals surface area (Å²) in [6, 6.07) is 9.84. The fourth-order valence-corrected chi connectivity index (χ4v) is 2.08. The Morgan fingerprint density at radius 3 is 2.53 bits per heavy atom. The second-order valence-electron chi connectivity index (χ2n) is 4.64. The Labute approximate surface area is 117 Å². The summed E-state index contributed by atoms with van der Waals surface area (Å²) < 4.78 is 13.6. The van der Waals surface area contributed by atoms with Crippen LogP contribution in [-0.4, -0.2) is 5.78 Å². The van der Waals surface area contributed by atoms with E-state index in [1.165, 1.54) is 23.8 Å². The highest BCUT2D eigenvalue weighted by Crippen LogP contribution is 2.18. The first kappa shape index (κ1) is 13.8. The Kier molecular flexibility index (Phi) is 4.01. The third-order valence-corrected chi connectivity index (χ3v) is 3.40. The summed E-state index contributed by atoms with van der Waals surface area (Å²) in [5.74, 6) is -0.790. The van der Waals surface area contributed by atoms with Crippen molar-refractivity contribution in [1.29, 1.82) is 0 Å². The maximum atomic E-state index is 13.6. The molecule has 1 nitrogen and oxygen atoms in total. The van der Waals surface area contributed by atoms with E-state index in [1.54, 1.807) is 0 Å². The minimum absolute atomic E-state index is 0.0470. The topological polar surface area (TPSA) is 17.1 Å². The van der Waals surface area contributed by atoms with Crippen LogP contribution in [-0.2, 0) is 6.42 Å². The second-order valence-corrected chi connectivity index (χ2v) is 5.08. The molecule has 0 saturated carbocycles. The fourth-order valence-electron chi connectivity index (χ4n) is 1.91. The lowest BCUT2D eigenvalue weighted by Crippen LogP contribution is -2.06. The van der Waals surface area contributed by atoms with Gasteiger partial charge in [-0.15, -0.1) is 0 Å². The molecular formula is C16H14ClFO. The van der Waals surface area contributed by atoms with Crippen molar-refractivity contribution in [3.05, 3.63) is 69.5 Å². The largest absolute Gasteiger partial charge is 0.294 e. The van der Waals surface area contributed by atoms with Crippen molar-refractivity contribution in [3.8, 4) is 0 Å². The number of aryl methyl sites for hydroxylation is 2. The van der Waals surface area contributed by atoms with Gasteiger partial charge >= 0.3 is 0 Å². The average Bonchev–Trinajstić information content (AvgIpc) is 2.36. The molecule has 0 aliphatic rings. The smallest absolute Gasteiger partial charge is 0.170 e. The summed E-state index contributed by atoms with van der Waals surface area (Å²) in [7, 11) is 0. The first-order valence-electron chi connectivity index (χ1n) is 6.02. The van der Waals surface area contributed by atoms with Crippen LogP contribution in [0.25, 0.3) is 0 Å². The van der Waals surface area contributed by atoms with Crippen molar-refractivity contribution in [2.45, 2.75) is 20.3 Å². The molecule has 2 aromatic carbocycles. The standard InChI is InChI=1S/C16H14ClFO/c1-10-3-4-12(7-11(10)2)8-16(19)14-9-13(17)5-6-15(14)18/h3-7,9H,8H2,1-2H3. The number of hydrogen-bond acceptors (Lipinski definition) is 1. The average molecular weight is 277 g/mol. The van der Waals surface area contributed by atoms with Crippen LogP contribution < -0.4 is 0 Å². The predicted molar refractivity (Wildman–Crippen MR) is 75.4 cm³/mol. The second kappa shape index (κ2) is 5.54. The zero-order chi connectivity index (χ0) is 14.0. The minimum atomic E-state index is -0.529.